The number of ether oxygens (including phenoxy) is 2. The molecule has 0 unspecified atom stereocenters. The average molecular weight is 422 g/mol. The third-order valence-corrected chi connectivity index (χ3v) is 3.66. The topological polar surface area (TPSA) is 184 Å². The van der Waals surface area contributed by atoms with Crippen molar-refractivity contribution in [2.75, 3.05) is 0 Å². The lowest BCUT2D eigenvalue weighted by Gasteiger charge is -2.06. The molecule has 0 saturated heterocycles. The van der Waals surface area contributed by atoms with Crippen LogP contribution in [-0.4, -0.2) is 23.8 Å². The first-order valence-corrected chi connectivity index (χ1v) is 8.73. The summed E-state index contributed by atoms with van der Waals surface area (Å²) in [5, 5.41) is 5.91. The van der Waals surface area contributed by atoms with Crippen LogP contribution < -0.4 is 9.47 Å². The molecular weight excluding hydrogens is 408 g/mol. The van der Waals surface area contributed by atoms with Gasteiger partial charge in [0.05, 0.1) is 0 Å². The van der Waals surface area contributed by atoms with Crippen molar-refractivity contribution < 1.29 is 28.7 Å². The molecular formula is C19H14N6O6. The van der Waals surface area contributed by atoms with Crippen LogP contribution in [-0.2, 0) is 9.59 Å². The molecule has 0 N–H and O–H groups in total. The molecule has 2 amide bonds. The largest absolute Gasteiger partial charge is 0.427 e. The minimum atomic E-state index is -0.812. The Morgan fingerprint density at radius 1 is 0.742 bits per heavy atom. The highest BCUT2D eigenvalue weighted by Crippen LogP contribution is 2.17. The number of benzene rings is 2. The molecule has 156 valence electrons. The van der Waals surface area contributed by atoms with Gasteiger partial charge in [0.2, 0.25) is 11.8 Å². The summed E-state index contributed by atoms with van der Waals surface area (Å²) in [7, 11) is 0. The Morgan fingerprint density at radius 2 is 1.16 bits per heavy atom. The highest BCUT2D eigenvalue weighted by molar-refractivity contribution is 5.95. The number of nitrogens with zero attached hydrogens (tertiary/aromatic N) is 6. The van der Waals surface area contributed by atoms with Crippen LogP contribution in [0.3, 0.4) is 0 Å². The van der Waals surface area contributed by atoms with E-state index >= 15 is 0 Å². The number of rotatable bonds is 8. The molecule has 2 aromatic carbocycles. The smallest absolute Gasteiger partial charge is 0.311 e. The van der Waals surface area contributed by atoms with Gasteiger partial charge in [-0.25, -0.2) is 0 Å². The molecule has 0 aliphatic rings. The Kier molecular flexibility index (Phi) is 8.30. The quantitative estimate of drug-likeness (QED) is 0.201. The second kappa shape index (κ2) is 11.4. The lowest BCUT2D eigenvalue weighted by Crippen LogP contribution is -2.12. The summed E-state index contributed by atoms with van der Waals surface area (Å²) >= 11 is 0. The molecule has 0 fully saturated rings. The van der Waals surface area contributed by atoms with Gasteiger partial charge in [-0.05, 0) is 52.0 Å². The Bertz CT molecular complexity index is 1030. The van der Waals surface area contributed by atoms with E-state index in [-0.39, 0.29) is 41.9 Å². The number of hydrogen-bond donors (Lipinski definition) is 0. The highest BCUT2D eigenvalue weighted by Gasteiger charge is 2.12. The molecule has 12 nitrogen and oxygen atoms in total. The van der Waals surface area contributed by atoms with E-state index in [9.17, 15) is 19.2 Å². The normalized spacial score (nSPS) is 9.55. The second-order valence-corrected chi connectivity index (χ2v) is 5.85. The minimum Gasteiger partial charge on any atom is -0.427 e. The Labute approximate surface area is 174 Å². The summed E-state index contributed by atoms with van der Waals surface area (Å²) in [5.41, 5.74) is 16.7. The molecule has 0 aliphatic heterocycles. The summed E-state index contributed by atoms with van der Waals surface area (Å²) < 4.78 is 10.2. The van der Waals surface area contributed by atoms with Crippen molar-refractivity contribution in [2.45, 2.75) is 19.3 Å². The van der Waals surface area contributed by atoms with E-state index < -0.39 is 23.8 Å². The number of azide groups is 2. The minimum absolute atomic E-state index is 0.0628. The SMILES string of the molecule is [N-]=[N+]=NC(=O)c1cccc(OC(=O)CCCC(=O)Oc2cccc(C(=O)N=[N+]=[N-])c2)c1. The Morgan fingerprint density at radius 3 is 1.55 bits per heavy atom. The van der Waals surface area contributed by atoms with Crippen LogP contribution in [0.5, 0.6) is 11.5 Å². The van der Waals surface area contributed by atoms with Gasteiger partial charge in [-0.1, -0.05) is 24.3 Å². The average Bonchev–Trinajstić information content (AvgIpc) is 2.74. The summed E-state index contributed by atoms with van der Waals surface area (Å²) in [6.45, 7) is 0. The molecule has 0 aliphatic carbocycles. The maximum absolute atomic E-state index is 11.9. The fourth-order valence-electron chi connectivity index (χ4n) is 2.32. The van der Waals surface area contributed by atoms with Crippen LogP contribution in [0.15, 0.2) is 58.8 Å². The predicted octanol–water partition coefficient (Wildman–Crippen LogP) is 4.27. The lowest BCUT2D eigenvalue weighted by molar-refractivity contribution is -0.136. The number of hydrogen-bond acceptors (Lipinski definition) is 6. The molecule has 0 saturated carbocycles. The first-order chi connectivity index (χ1) is 14.9. The van der Waals surface area contributed by atoms with E-state index in [1.807, 2.05) is 0 Å². The number of esters is 2. The van der Waals surface area contributed by atoms with E-state index in [4.69, 9.17) is 20.5 Å². The van der Waals surface area contributed by atoms with Crippen molar-refractivity contribution in [1.29, 1.82) is 0 Å². The van der Waals surface area contributed by atoms with Crippen molar-refractivity contribution in [3.63, 3.8) is 0 Å². The first kappa shape index (κ1) is 22.6. The van der Waals surface area contributed by atoms with E-state index in [1.54, 1.807) is 0 Å². The van der Waals surface area contributed by atoms with Crippen LogP contribution >= 0.6 is 0 Å². The Hall–Kier alpha value is -4.66. The zero-order valence-electron chi connectivity index (χ0n) is 15.9. The second-order valence-electron chi connectivity index (χ2n) is 5.85. The van der Waals surface area contributed by atoms with E-state index in [0.29, 0.717) is 0 Å². The standard InChI is InChI=1S/C19H14N6O6/c20-24-22-18(28)12-4-1-6-14(10-12)30-16(26)8-3-9-17(27)31-15-7-2-5-13(11-15)19(29)23-25-21/h1-2,4-7,10-11H,3,8-9H2. The van der Waals surface area contributed by atoms with E-state index in [1.165, 1.54) is 48.5 Å². The number of carbonyl (C=O) groups is 4. The molecule has 0 spiro atoms. The molecule has 2 aromatic rings. The molecule has 0 aromatic heterocycles. The zero-order chi connectivity index (χ0) is 22.6. The molecule has 31 heavy (non-hydrogen) atoms. The number of amides is 2. The van der Waals surface area contributed by atoms with Crippen LogP contribution in [0.2, 0.25) is 0 Å². The summed E-state index contributed by atoms with van der Waals surface area (Å²) in [6, 6.07) is 11.1. The van der Waals surface area contributed by atoms with Crippen molar-refractivity contribution in [1.82, 2.24) is 0 Å². The van der Waals surface area contributed by atoms with Crippen molar-refractivity contribution in [3.8, 4) is 11.5 Å². The first-order valence-electron chi connectivity index (χ1n) is 8.73. The third kappa shape index (κ3) is 7.35. The summed E-state index contributed by atoms with van der Waals surface area (Å²) in [5.74, 6) is -2.71. The van der Waals surface area contributed by atoms with Gasteiger partial charge in [-0.2, -0.15) is 0 Å². The Balaban J connectivity index is 1.83. The fraction of sp³-hybridized carbons (Fsp3) is 0.158. The lowest BCUT2D eigenvalue weighted by atomic mass is 10.2. The van der Waals surface area contributed by atoms with Gasteiger partial charge in [-0.3, -0.25) is 19.2 Å². The highest BCUT2D eigenvalue weighted by atomic mass is 16.5. The van der Waals surface area contributed by atoms with Crippen LogP contribution in [0, 0.1) is 0 Å². The monoisotopic (exact) mass is 422 g/mol. The van der Waals surface area contributed by atoms with Crippen molar-refractivity contribution in [2.24, 2.45) is 10.2 Å². The molecule has 0 atom stereocenters. The van der Waals surface area contributed by atoms with Gasteiger partial charge >= 0.3 is 11.9 Å². The third-order valence-electron chi connectivity index (χ3n) is 3.66. The van der Waals surface area contributed by atoms with Crippen molar-refractivity contribution in [3.05, 3.63) is 80.5 Å². The van der Waals surface area contributed by atoms with Crippen molar-refractivity contribution >= 4 is 23.8 Å². The van der Waals surface area contributed by atoms with Gasteiger partial charge in [0.1, 0.15) is 11.5 Å². The van der Waals surface area contributed by atoms with Gasteiger partial charge in [-0.15, -0.1) is 0 Å². The zero-order valence-corrected chi connectivity index (χ0v) is 15.9. The molecule has 2 rings (SSSR count). The van der Waals surface area contributed by atoms with Crippen LogP contribution in [0.4, 0.5) is 0 Å². The van der Waals surface area contributed by atoms with E-state index in [2.05, 4.69) is 20.1 Å². The number of carbonyl (C=O) groups excluding carboxylic acids is 4. The summed E-state index contributed by atoms with van der Waals surface area (Å²) in [6.07, 6.45) is -0.0651. The predicted molar refractivity (Wildman–Crippen MR) is 105 cm³/mol. The molecule has 0 radical (unpaired) electrons. The molecule has 0 bridgehead atoms. The molecule has 0 heterocycles. The van der Waals surface area contributed by atoms with Crippen LogP contribution in [0.1, 0.15) is 40.0 Å². The maximum atomic E-state index is 11.9. The van der Waals surface area contributed by atoms with Gasteiger partial charge < -0.3 is 9.47 Å². The van der Waals surface area contributed by atoms with Crippen LogP contribution in [0.25, 0.3) is 20.9 Å². The summed E-state index contributed by atoms with van der Waals surface area (Å²) in [4.78, 5) is 51.7. The fourth-order valence-corrected chi connectivity index (χ4v) is 2.32. The van der Waals surface area contributed by atoms with Gasteiger partial charge in [0.25, 0.3) is 0 Å². The molecule has 12 heteroatoms. The van der Waals surface area contributed by atoms with Gasteiger partial charge in [0.15, 0.2) is 0 Å². The van der Waals surface area contributed by atoms with Gasteiger partial charge in [0, 0.05) is 33.8 Å². The maximum Gasteiger partial charge on any atom is 0.311 e. The van der Waals surface area contributed by atoms with E-state index in [0.717, 1.165) is 0 Å².